The summed E-state index contributed by atoms with van der Waals surface area (Å²) in [5.41, 5.74) is 1.70. The van der Waals surface area contributed by atoms with Gasteiger partial charge in [0.2, 0.25) is 5.91 Å². The molecule has 1 atom stereocenters. The predicted octanol–water partition coefficient (Wildman–Crippen LogP) is 4.18. The molecule has 1 N–H and O–H groups in total. The van der Waals surface area contributed by atoms with Crippen molar-refractivity contribution in [3.63, 3.8) is 0 Å². The Bertz CT molecular complexity index is 764. The molecule has 0 spiro atoms. The average molecular weight is 366 g/mol. The number of hydrogen-bond acceptors (Lipinski definition) is 3. The Kier molecular flexibility index (Phi) is 5.17. The van der Waals surface area contributed by atoms with E-state index in [1.165, 1.54) is 0 Å². The van der Waals surface area contributed by atoms with Crippen LogP contribution in [0.2, 0.25) is 10.0 Å². The molecule has 0 aliphatic carbocycles. The highest BCUT2D eigenvalue weighted by molar-refractivity contribution is 6.35. The van der Waals surface area contributed by atoms with Gasteiger partial charge >= 0.3 is 0 Å². The summed E-state index contributed by atoms with van der Waals surface area (Å²) in [7, 11) is 0. The van der Waals surface area contributed by atoms with E-state index < -0.39 is 0 Å². The van der Waals surface area contributed by atoms with Crippen LogP contribution in [0.15, 0.2) is 36.4 Å². The van der Waals surface area contributed by atoms with E-state index in [1.54, 1.807) is 12.1 Å². The second kappa shape index (κ2) is 7.32. The smallest absolute Gasteiger partial charge is 0.224 e. The molecular formula is C18H17Cl2NO3. The number of benzene rings is 2. The minimum Gasteiger partial charge on any atom is -0.486 e. The van der Waals surface area contributed by atoms with Gasteiger partial charge in [-0.15, -0.1) is 0 Å². The summed E-state index contributed by atoms with van der Waals surface area (Å²) in [6.07, 6.45) is 0.256. The van der Waals surface area contributed by atoms with Gasteiger partial charge in [0.05, 0.1) is 12.5 Å². The largest absolute Gasteiger partial charge is 0.486 e. The molecule has 0 saturated heterocycles. The number of hydrogen-bond donors (Lipinski definition) is 1. The second-order valence-electron chi connectivity index (χ2n) is 5.61. The van der Waals surface area contributed by atoms with Crippen LogP contribution in [0.3, 0.4) is 0 Å². The van der Waals surface area contributed by atoms with Crippen LogP contribution in [0.1, 0.15) is 24.1 Å². The monoisotopic (exact) mass is 365 g/mol. The lowest BCUT2D eigenvalue weighted by atomic mass is 10.1. The molecular weight excluding hydrogens is 349 g/mol. The molecule has 0 fully saturated rings. The Hall–Kier alpha value is -1.91. The third-order valence-corrected chi connectivity index (χ3v) is 4.34. The van der Waals surface area contributed by atoms with Crippen LogP contribution in [0.5, 0.6) is 11.5 Å². The summed E-state index contributed by atoms with van der Waals surface area (Å²) in [6.45, 7) is 2.96. The van der Waals surface area contributed by atoms with Crippen LogP contribution in [0.4, 0.5) is 0 Å². The van der Waals surface area contributed by atoms with Gasteiger partial charge < -0.3 is 14.8 Å². The molecule has 4 nitrogen and oxygen atoms in total. The number of rotatable bonds is 4. The molecule has 126 valence electrons. The van der Waals surface area contributed by atoms with Gasteiger partial charge in [-0.2, -0.15) is 0 Å². The number of carbonyl (C=O) groups excluding carboxylic acids is 1. The van der Waals surface area contributed by atoms with Gasteiger partial charge in [0.15, 0.2) is 11.5 Å². The molecule has 6 heteroatoms. The third-order valence-electron chi connectivity index (χ3n) is 3.78. The summed E-state index contributed by atoms with van der Waals surface area (Å²) in [4.78, 5) is 12.3. The van der Waals surface area contributed by atoms with Crippen LogP contribution in [-0.4, -0.2) is 19.1 Å². The maximum atomic E-state index is 12.3. The van der Waals surface area contributed by atoms with E-state index in [4.69, 9.17) is 32.7 Å². The molecule has 1 amide bonds. The van der Waals surface area contributed by atoms with Crippen molar-refractivity contribution in [3.05, 3.63) is 57.6 Å². The third kappa shape index (κ3) is 3.94. The van der Waals surface area contributed by atoms with Crippen LogP contribution >= 0.6 is 23.2 Å². The van der Waals surface area contributed by atoms with Crippen molar-refractivity contribution in [2.45, 2.75) is 19.4 Å². The summed E-state index contributed by atoms with van der Waals surface area (Å²) >= 11 is 12.1. The van der Waals surface area contributed by atoms with Gasteiger partial charge in [-0.3, -0.25) is 4.79 Å². The minimum absolute atomic E-state index is 0.0924. The molecule has 2 aromatic carbocycles. The highest BCUT2D eigenvalue weighted by Crippen LogP contribution is 2.31. The standard InChI is InChI=1S/C18H17Cl2NO3/c1-11(14-4-3-13(19)10-15(14)20)21-18(22)9-12-2-5-16-17(8-12)24-7-6-23-16/h2-5,8,10-11H,6-7,9H2,1H3,(H,21,22). The van der Waals surface area contributed by atoms with Gasteiger partial charge in [0, 0.05) is 10.0 Å². The minimum atomic E-state index is -0.209. The van der Waals surface area contributed by atoms with Crippen LogP contribution in [-0.2, 0) is 11.2 Å². The molecule has 0 aromatic heterocycles. The quantitative estimate of drug-likeness (QED) is 0.883. The molecule has 1 aliphatic rings. The van der Waals surface area contributed by atoms with Gasteiger partial charge in [0.1, 0.15) is 13.2 Å². The van der Waals surface area contributed by atoms with Crippen LogP contribution in [0.25, 0.3) is 0 Å². The molecule has 24 heavy (non-hydrogen) atoms. The van der Waals surface area contributed by atoms with Gasteiger partial charge in [-0.25, -0.2) is 0 Å². The van der Waals surface area contributed by atoms with E-state index in [1.807, 2.05) is 31.2 Å². The molecule has 0 bridgehead atoms. The first kappa shape index (κ1) is 16.9. The molecule has 3 rings (SSSR count). The highest BCUT2D eigenvalue weighted by atomic mass is 35.5. The molecule has 1 unspecified atom stereocenters. The predicted molar refractivity (Wildman–Crippen MR) is 94.2 cm³/mol. The maximum absolute atomic E-state index is 12.3. The first-order chi connectivity index (χ1) is 11.5. The lowest BCUT2D eigenvalue weighted by molar-refractivity contribution is -0.121. The SMILES string of the molecule is CC(NC(=O)Cc1ccc2c(c1)OCCO2)c1ccc(Cl)cc1Cl. The van der Waals surface area contributed by atoms with E-state index in [0.29, 0.717) is 34.8 Å². The van der Waals surface area contributed by atoms with E-state index >= 15 is 0 Å². The summed E-state index contributed by atoms with van der Waals surface area (Å²) in [5.74, 6) is 1.30. The van der Waals surface area contributed by atoms with E-state index in [-0.39, 0.29) is 18.4 Å². The number of nitrogens with one attached hydrogen (secondary N) is 1. The van der Waals surface area contributed by atoms with E-state index in [2.05, 4.69) is 5.32 Å². The molecule has 1 heterocycles. The summed E-state index contributed by atoms with van der Waals surface area (Å²) in [6, 6.07) is 10.6. The second-order valence-corrected chi connectivity index (χ2v) is 6.45. The van der Waals surface area contributed by atoms with E-state index in [0.717, 1.165) is 11.1 Å². The number of carbonyl (C=O) groups is 1. The highest BCUT2D eigenvalue weighted by Gasteiger charge is 2.16. The van der Waals surface area contributed by atoms with Crippen molar-refractivity contribution in [2.75, 3.05) is 13.2 Å². The lowest BCUT2D eigenvalue weighted by Gasteiger charge is -2.19. The Balaban J connectivity index is 1.65. The van der Waals surface area contributed by atoms with E-state index in [9.17, 15) is 4.79 Å². The van der Waals surface area contributed by atoms with Crippen LogP contribution < -0.4 is 14.8 Å². The Labute approximate surface area is 150 Å². The summed E-state index contributed by atoms with van der Waals surface area (Å²) in [5, 5.41) is 4.05. The fraction of sp³-hybridized carbons (Fsp3) is 0.278. The Morgan fingerprint density at radius 1 is 1.12 bits per heavy atom. The van der Waals surface area contributed by atoms with Crippen molar-refractivity contribution >= 4 is 29.1 Å². The normalized spacial score (nSPS) is 14.1. The fourth-order valence-corrected chi connectivity index (χ4v) is 3.18. The van der Waals surface area contributed by atoms with Crippen molar-refractivity contribution in [3.8, 4) is 11.5 Å². The lowest BCUT2D eigenvalue weighted by Crippen LogP contribution is -2.28. The first-order valence-electron chi connectivity index (χ1n) is 7.66. The number of ether oxygens (including phenoxy) is 2. The number of halogens is 2. The van der Waals surface area contributed by atoms with Crippen molar-refractivity contribution in [2.24, 2.45) is 0 Å². The average Bonchev–Trinajstić information content (AvgIpc) is 2.54. The zero-order valence-corrected chi connectivity index (χ0v) is 14.7. The molecule has 1 aliphatic heterocycles. The molecule has 2 aromatic rings. The maximum Gasteiger partial charge on any atom is 0.224 e. The zero-order chi connectivity index (χ0) is 17.1. The van der Waals surface area contributed by atoms with Crippen LogP contribution in [0, 0.1) is 0 Å². The van der Waals surface area contributed by atoms with Gasteiger partial charge in [0.25, 0.3) is 0 Å². The molecule has 0 saturated carbocycles. The van der Waals surface area contributed by atoms with Crippen molar-refractivity contribution in [1.82, 2.24) is 5.32 Å². The van der Waals surface area contributed by atoms with Gasteiger partial charge in [-0.05, 0) is 42.3 Å². The number of fused-ring (bicyclic) bond motifs is 1. The van der Waals surface area contributed by atoms with Gasteiger partial charge in [-0.1, -0.05) is 35.3 Å². The fourth-order valence-electron chi connectivity index (χ4n) is 2.61. The Morgan fingerprint density at radius 2 is 1.88 bits per heavy atom. The summed E-state index contributed by atoms with van der Waals surface area (Å²) < 4.78 is 11.0. The zero-order valence-electron chi connectivity index (χ0n) is 13.1. The van der Waals surface area contributed by atoms with Crippen molar-refractivity contribution < 1.29 is 14.3 Å². The Morgan fingerprint density at radius 3 is 2.62 bits per heavy atom. The van der Waals surface area contributed by atoms with Crippen molar-refractivity contribution in [1.29, 1.82) is 0 Å². The number of amides is 1. The first-order valence-corrected chi connectivity index (χ1v) is 8.41. The topological polar surface area (TPSA) is 47.6 Å². The molecule has 0 radical (unpaired) electrons.